The van der Waals surface area contributed by atoms with Crippen LogP contribution in [-0.4, -0.2) is 0 Å². The van der Waals surface area contributed by atoms with E-state index < -0.39 is 0 Å². The van der Waals surface area contributed by atoms with Crippen molar-refractivity contribution in [3.05, 3.63) is 558 Å². The van der Waals surface area contributed by atoms with Crippen LogP contribution in [0.5, 0.6) is 0 Å². The van der Waals surface area contributed by atoms with Crippen molar-refractivity contribution in [1.82, 2.24) is 0 Å². The van der Waals surface area contributed by atoms with Gasteiger partial charge in [-0.2, -0.15) is 0 Å². The first-order valence-electron chi connectivity index (χ1n) is 49.6. The maximum Gasteiger partial charge on any atom is 0.143 e. The number of rotatable bonds is 11. The Morgan fingerprint density at radius 2 is 0.361 bits per heavy atom. The third kappa shape index (κ3) is 15.2. The van der Waals surface area contributed by atoms with Crippen molar-refractivity contribution in [3.63, 3.8) is 0 Å². The van der Waals surface area contributed by atoms with Crippen molar-refractivity contribution in [1.29, 1.82) is 0 Å². The first-order valence-corrected chi connectivity index (χ1v) is 50.4. The number of para-hydroxylation sites is 2. The summed E-state index contributed by atoms with van der Waals surface area (Å²) in [5, 5.41) is 30.5. The van der Waals surface area contributed by atoms with E-state index in [1.165, 1.54) is 245 Å². The lowest BCUT2D eigenvalue weighted by Crippen LogP contribution is -1.93. The maximum atomic E-state index is 6.45. The Kier molecular flexibility index (Phi) is 22.3. The van der Waals surface area contributed by atoms with E-state index in [0.29, 0.717) is 0 Å². The van der Waals surface area contributed by atoms with Crippen molar-refractivity contribution < 1.29 is 4.42 Å². The largest absolute Gasteiger partial charge is 0.455 e. The Morgan fingerprint density at radius 3 is 0.729 bits per heavy atom. The number of hydrogen-bond acceptors (Lipinski definition) is 2. The zero-order chi connectivity index (χ0) is 95.3. The van der Waals surface area contributed by atoms with Gasteiger partial charge in [0.1, 0.15) is 11.2 Å². The standard InChI is InChI=1S/C42H28.C36H24.C32H20O.C32H20S/c1-4-14-29(15-5-1)32-24-25-39-40(28-32)41(31-18-8-3-9-19-31)36-22-12-13-23-37(36)42(39)38-27-26-33(30-16-6-2-7-17-30)34-20-10-11-21-35(34)38;1-3-13-25(14-4-1)27-23-24-34(29-18-8-7-17-28(27)29)36-32-21-11-9-19-30(32)35(26-15-5-2-6-16-26)31-20-10-12-22-33(31)36;2*1-2-11-21(12-3-1)30-23-14-4-6-16-25(23)31(26-17-7-5-15-24(26)30)28-19-10-18-27-22-13-8-9-20-29(22)33-32(27)28/h1-28H;1-24H;2*1-20H. The van der Waals surface area contributed by atoms with Crippen LogP contribution in [0.3, 0.4) is 0 Å². The number of furan rings is 1. The molecule has 0 aliphatic rings. The molecule has 0 fully saturated rings. The normalized spacial score (nSPS) is 11.5. The van der Waals surface area contributed by atoms with Gasteiger partial charge >= 0.3 is 0 Å². The summed E-state index contributed by atoms with van der Waals surface area (Å²) in [6.07, 6.45) is 0. The third-order valence-corrected chi connectivity index (χ3v) is 30.3. The summed E-state index contributed by atoms with van der Waals surface area (Å²) in [6.45, 7) is 0. The molecule has 0 radical (unpaired) electrons. The summed E-state index contributed by atoms with van der Waals surface area (Å²) in [4.78, 5) is 0. The van der Waals surface area contributed by atoms with Crippen LogP contribution in [-0.2, 0) is 0 Å². The summed E-state index contributed by atoms with van der Waals surface area (Å²) in [5.74, 6) is 0. The number of hydrogen-bond donors (Lipinski definition) is 0. The van der Waals surface area contributed by atoms with Crippen molar-refractivity contribution in [2.24, 2.45) is 0 Å². The lowest BCUT2D eigenvalue weighted by atomic mass is 9.83. The molecule has 0 spiro atoms. The lowest BCUT2D eigenvalue weighted by Gasteiger charge is -2.20. The summed E-state index contributed by atoms with van der Waals surface area (Å²) in [7, 11) is 0. The van der Waals surface area contributed by atoms with E-state index >= 15 is 0 Å². The summed E-state index contributed by atoms with van der Waals surface area (Å²) < 4.78 is 9.16. The molecule has 672 valence electrons. The van der Waals surface area contributed by atoms with E-state index in [0.717, 1.165) is 27.5 Å². The predicted octanol–water partition coefficient (Wildman–Crippen LogP) is 40.9. The number of fused-ring (bicyclic) bond motifs is 16. The molecule has 144 heavy (non-hydrogen) atoms. The molecule has 0 saturated heterocycles. The molecule has 0 atom stereocenters. The first-order chi connectivity index (χ1) is 71.6. The van der Waals surface area contributed by atoms with Gasteiger partial charge in [-0.15, -0.1) is 11.3 Å². The molecule has 0 aliphatic heterocycles. The van der Waals surface area contributed by atoms with Gasteiger partial charge in [0, 0.05) is 47.6 Å². The fourth-order valence-corrected chi connectivity index (χ4v) is 24.1. The molecule has 0 unspecified atom stereocenters. The van der Waals surface area contributed by atoms with Gasteiger partial charge in [-0.25, -0.2) is 0 Å². The van der Waals surface area contributed by atoms with Crippen LogP contribution in [0, 0.1) is 0 Å². The van der Waals surface area contributed by atoms with E-state index in [1.807, 2.05) is 23.5 Å². The molecule has 0 aliphatic carbocycles. The van der Waals surface area contributed by atoms with Gasteiger partial charge in [0.2, 0.25) is 0 Å². The molecule has 2 heterocycles. The zero-order valence-corrected chi connectivity index (χ0v) is 79.7. The summed E-state index contributed by atoms with van der Waals surface area (Å²) in [6, 6.07) is 201. The van der Waals surface area contributed by atoms with Gasteiger partial charge < -0.3 is 4.42 Å². The van der Waals surface area contributed by atoms with Crippen molar-refractivity contribution in [2.75, 3.05) is 0 Å². The molecule has 0 saturated carbocycles. The van der Waals surface area contributed by atoms with Crippen molar-refractivity contribution in [3.8, 4) is 122 Å². The van der Waals surface area contributed by atoms with E-state index in [2.05, 4.69) is 546 Å². The predicted molar refractivity (Wildman–Crippen MR) is 621 cm³/mol. The van der Waals surface area contributed by atoms with E-state index in [-0.39, 0.29) is 0 Å². The maximum absolute atomic E-state index is 6.45. The van der Waals surface area contributed by atoms with E-state index in [9.17, 15) is 0 Å². The topological polar surface area (TPSA) is 13.1 Å². The highest BCUT2D eigenvalue weighted by atomic mass is 32.1. The van der Waals surface area contributed by atoms with Crippen LogP contribution in [0.15, 0.2) is 563 Å². The van der Waals surface area contributed by atoms with Crippen LogP contribution in [0.25, 0.3) is 272 Å². The Balaban J connectivity index is 0.0000000984. The molecule has 1 nitrogen and oxygen atoms in total. The second kappa shape index (κ2) is 37.4. The fraction of sp³-hybridized carbons (Fsp3) is 0. The van der Waals surface area contributed by atoms with Crippen LogP contribution in [0.2, 0.25) is 0 Å². The molecular formula is C142H92OS. The van der Waals surface area contributed by atoms with Gasteiger partial charge in [0.05, 0.1) is 0 Å². The first kappa shape index (κ1) is 85.9. The Hall–Kier alpha value is -18.4. The van der Waals surface area contributed by atoms with E-state index in [1.54, 1.807) is 0 Å². The van der Waals surface area contributed by atoms with Gasteiger partial charge in [0.15, 0.2) is 0 Å². The summed E-state index contributed by atoms with van der Waals surface area (Å²) in [5.41, 5.74) is 29.6. The molecule has 0 bridgehead atoms. The van der Waals surface area contributed by atoms with Crippen molar-refractivity contribution >= 4 is 161 Å². The third-order valence-electron chi connectivity index (χ3n) is 29.1. The fourth-order valence-electron chi connectivity index (χ4n) is 22.9. The van der Waals surface area contributed by atoms with Gasteiger partial charge in [0.25, 0.3) is 0 Å². The Bertz CT molecular complexity index is 9540. The molecule has 2 heteroatoms. The zero-order valence-electron chi connectivity index (χ0n) is 78.9. The average molecular weight is 1850 g/mol. The van der Waals surface area contributed by atoms with Crippen molar-refractivity contribution in [2.45, 2.75) is 0 Å². The molecule has 27 aromatic carbocycles. The van der Waals surface area contributed by atoms with Gasteiger partial charge in [-0.1, -0.05) is 540 Å². The highest BCUT2D eigenvalue weighted by molar-refractivity contribution is 7.26. The van der Waals surface area contributed by atoms with Crippen LogP contribution in [0.4, 0.5) is 0 Å². The molecule has 0 N–H and O–H groups in total. The molecule has 29 aromatic rings. The van der Waals surface area contributed by atoms with Crippen LogP contribution >= 0.6 is 11.3 Å². The minimum Gasteiger partial charge on any atom is -0.455 e. The number of thiophene rings is 1. The quantitative estimate of drug-likeness (QED) is 0.118. The molecule has 29 rings (SSSR count). The average Bonchev–Trinajstić information content (AvgIpc) is 0.888. The smallest absolute Gasteiger partial charge is 0.143 e. The minimum absolute atomic E-state index is 0.925. The molecule has 2 aromatic heterocycles. The second-order valence-corrected chi connectivity index (χ2v) is 38.2. The lowest BCUT2D eigenvalue weighted by molar-refractivity contribution is 0.670. The molecule has 0 amide bonds. The van der Waals surface area contributed by atoms with Crippen LogP contribution in [0.1, 0.15) is 0 Å². The highest BCUT2D eigenvalue weighted by Crippen LogP contribution is 2.54. The number of benzene rings is 27. The Labute approximate surface area is 839 Å². The monoisotopic (exact) mass is 1840 g/mol. The molecular weight excluding hydrogens is 1750 g/mol. The van der Waals surface area contributed by atoms with Gasteiger partial charge in [-0.3, -0.25) is 0 Å². The Morgan fingerprint density at radius 1 is 0.118 bits per heavy atom. The van der Waals surface area contributed by atoms with Gasteiger partial charge in [-0.05, 0) is 232 Å². The highest BCUT2D eigenvalue weighted by Gasteiger charge is 2.27. The minimum atomic E-state index is 0.925. The summed E-state index contributed by atoms with van der Waals surface area (Å²) >= 11 is 1.90. The second-order valence-electron chi connectivity index (χ2n) is 37.1. The van der Waals surface area contributed by atoms with E-state index in [4.69, 9.17) is 4.42 Å². The van der Waals surface area contributed by atoms with Crippen LogP contribution < -0.4 is 0 Å². The SMILES string of the molecule is c1ccc(-c2c3ccccc3c(-c3cccc4c3oc3ccccc34)c3ccccc23)cc1.c1ccc(-c2c3ccccc3c(-c3cccc4c3sc3ccccc34)c3ccccc23)cc1.c1ccc(-c2ccc(-c3c4ccccc4c(-c4ccccc4)c4ccccc34)c3ccccc23)cc1.c1ccc(-c2ccc3c(-c4ccc(-c5ccccc5)c5ccccc45)c4ccccc4c(-c4ccccc4)c3c2)cc1.